The molecule has 0 aromatic heterocycles. The second-order valence-electron chi connectivity index (χ2n) is 3.10. The Bertz CT molecular complexity index is 219. The van der Waals surface area contributed by atoms with Crippen molar-refractivity contribution in [1.29, 1.82) is 0 Å². The van der Waals surface area contributed by atoms with E-state index in [1.165, 1.54) is 0 Å². The summed E-state index contributed by atoms with van der Waals surface area (Å²) < 4.78 is 0. The van der Waals surface area contributed by atoms with Gasteiger partial charge < -0.3 is 21.3 Å². The summed E-state index contributed by atoms with van der Waals surface area (Å²) in [5.74, 6) is 0.431. The van der Waals surface area contributed by atoms with E-state index in [1.807, 2.05) is 4.90 Å². The van der Waals surface area contributed by atoms with Crippen LogP contribution in [0, 0.1) is 0 Å². The zero-order valence-corrected chi connectivity index (χ0v) is 8.55. The molecule has 0 amide bonds. The van der Waals surface area contributed by atoms with Crippen molar-refractivity contribution < 1.29 is 0 Å². The molecule has 5 nitrogen and oxygen atoms in total. The van der Waals surface area contributed by atoms with E-state index in [-0.39, 0.29) is 5.11 Å². The third-order valence-electron chi connectivity index (χ3n) is 2.05. The Hall–Kier alpha value is -0.880. The largest absolute Gasteiger partial charge is 0.374 e. The van der Waals surface area contributed by atoms with Gasteiger partial charge in [-0.25, -0.2) is 0 Å². The lowest BCUT2D eigenvalue weighted by Crippen LogP contribution is -2.50. The summed E-state index contributed by atoms with van der Waals surface area (Å²) in [7, 11) is 2.08. The van der Waals surface area contributed by atoms with Crippen LogP contribution >= 0.6 is 12.2 Å². The van der Waals surface area contributed by atoms with Crippen molar-refractivity contribution in [1.82, 2.24) is 9.80 Å². The average molecular weight is 201 g/mol. The number of nitrogens with two attached hydrogens (primary N) is 2. The number of thiocarbonyl (C=S) groups is 1. The first kappa shape index (κ1) is 10.2. The van der Waals surface area contributed by atoms with E-state index in [0.29, 0.717) is 5.96 Å². The van der Waals surface area contributed by atoms with Gasteiger partial charge in [-0.05, 0) is 19.3 Å². The molecule has 0 spiro atoms. The Balaban J connectivity index is 2.49. The number of likely N-dealkylation sites (N-methyl/N-ethyl adjacent to an activating group) is 1. The van der Waals surface area contributed by atoms with Crippen molar-refractivity contribution in [3.8, 4) is 0 Å². The smallest absolute Gasteiger partial charge is 0.198 e. The van der Waals surface area contributed by atoms with Gasteiger partial charge in [0.25, 0.3) is 0 Å². The normalized spacial score (nSPS) is 20.4. The van der Waals surface area contributed by atoms with E-state index in [4.69, 9.17) is 11.5 Å². The highest BCUT2D eigenvalue weighted by molar-refractivity contribution is 7.80. The van der Waals surface area contributed by atoms with Crippen molar-refractivity contribution in [2.45, 2.75) is 0 Å². The molecule has 0 saturated carbocycles. The molecule has 13 heavy (non-hydrogen) atoms. The fraction of sp³-hybridized carbons (Fsp3) is 0.714. The Kier molecular flexibility index (Phi) is 3.44. The highest BCUT2D eigenvalue weighted by Gasteiger charge is 2.15. The third kappa shape index (κ3) is 3.16. The fourth-order valence-electron chi connectivity index (χ4n) is 1.22. The van der Waals surface area contributed by atoms with Gasteiger partial charge in [0.05, 0.1) is 0 Å². The number of hydrogen-bond donors (Lipinski definition) is 2. The first-order chi connectivity index (χ1) is 6.09. The van der Waals surface area contributed by atoms with Gasteiger partial charge in [0.2, 0.25) is 0 Å². The third-order valence-corrected chi connectivity index (χ3v) is 2.14. The molecule has 0 aromatic carbocycles. The van der Waals surface area contributed by atoms with E-state index in [2.05, 4.69) is 29.2 Å². The van der Waals surface area contributed by atoms with E-state index in [0.717, 1.165) is 26.2 Å². The summed E-state index contributed by atoms with van der Waals surface area (Å²) >= 11 is 4.64. The van der Waals surface area contributed by atoms with Crippen LogP contribution < -0.4 is 11.5 Å². The molecule has 0 bridgehead atoms. The first-order valence-electron chi connectivity index (χ1n) is 4.16. The van der Waals surface area contributed by atoms with Crippen LogP contribution in [0.2, 0.25) is 0 Å². The molecule has 0 atom stereocenters. The molecule has 4 N–H and O–H groups in total. The number of rotatable bonds is 0. The van der Waals surface area contributed by atoms with Crippen LogP contribution in [0.5, 0.6) is 0 Å². The van der Waals surface area contributed by atoms with Gasteiger partial charge in [-0.1, -0.05) is 0 Å². The minimum atomic E-state index is 0.0939. The predicted molar refractivity (Wildman–Crippen MR) is 57.5 cm³/mol. The molecule has 0 unspecified atom stereocenters. The minimum Gasteiger partial charge on any atom is -0.374 e. The van der Waals surface area contributed by atoms with E-state index >= 15 is 0 Å². The summed E-state index contributed by atoms with van der Waals surface area (Å²) in [4.78, 5) is 8.06. The minimum absolute atomic E-state index is 0.0939. The van der Waals surface area contributed by atoms with Gasteiger partial charge in [-0.3, -0.25) is 0 Å². The zero-order chi connectivity index (χ0) is 9.84. The van der Waals surface area contributed by atoms with Crippen LogP contribution in [0.25, 0.3) is 0 Å². The molecule has 0 aliphatic carbocycles. The molecule has 1 aliphatic rings. The van der Waals surface area contributed by atoms with Gasteiger partial charge >= 0.3 is 0 Å². The van der Waals surface area contributed by atoms with Crippen LogP contribution in [-0.4, -0.2) is 54.1 Å². The molecule has 1 aliphatic heterocycles. The zero-order valence-electron chi connectivity index (χ0n) is 7.73. The lowest BCUT2D eigenvalue weighted by molar-refractivity contribution is 0.214. The Labute approximate surface area is 83.4 Å². The summed E-state index contributed by atoms with van der Waals surface area (Å²) in [5.41, 5.74) is 10.9. The van der Waals surface area contributed by atoms with E-state index in [9.17, 15) is 0 Å². The monoisotopic (exact) mass is 201 g/mol. The van der Waals surface area contributed by atoms with Gasteiger partial charge in [0.15, 0.2) is 11.1 Å². The first-order valence-corrected chi connectivity index (χ1v) is 4.57. The summed E-state index contributed by atoms with van der Waals surface area (Å²) in [6.45, 7) is 3.75. The Morgan fingerprint density at radius 2 is 1.77 bits per heavy atom. The lowest BCUT2D eigenvalue weighted by atomic mass is 10.3. The SMILES string of the molecule is CN1CCN(/C(N)=N/C(N)=S)CC1. The topological polar surface area (TPSA) is 70.9 Å². The predicted octanol–water partition coefficient (Wildman–Crippen LogP) is -1.21. The molecule has 6 heteroatoms. The Morgan fingerprint density at radius 1 is 1.23 bits per heavy atom. The Morgan fingerprint density at radius 3 is 2.23 bits per heavy atom. The maximum Gasteiger partial charge on any atom is 0.198 e. The molecular weight excluding hydrogens is 186 g/mol. The fourth-order valence-corrected chi connectivity index (χ4v) is 1.31. The molecule has 1 heterocycles. The van der Waals surface area contributed by atoms with Crippen molar-refractivity contribution >= 4 is 23.3 Å². The van der Waals surface area contributed by atoms with Gasteiger partial charge in [0, 0.05) is 26.2 Å². The van der Waals surface area contributed by atoms with Gasteiger partial charge in [-0.15, -0.1) is 0 Å². The van der Waals surface area contributed by atoms with Gasteiger partial charge in [0.1, 0.15) is 0 Å². The molecule has 0 aromatic rings. The highest BCUT2D eigenvalue weighted by Crippen LogP contribution is 1.98. The van der Waals surface area contributed by atoms with Crippen LogP contribution in [0.1, 0.15) is 0 Å². The van der Waals surface area contributed by atoms with Crippen LogP contribution in [0.4, 0.5) is 0 Å². The second kappa shape index (κ2) is 4.38. The average Bonchev–Trinajstić information content (AvgIpc) is 2.04. The molecular formula is C7H15N5S. The molecule has 0 radical (unpaired) electrons. The molecule has 1 rings (SSSR count). The van der Waals surface area contributed by atoms with Crippen molar-refractivity contribution in [2.75, 3.05) is 33.2 Å². The quantitative estimate of drug-likeness (QED) is 0.292. The van der Waals surface area contributed by atoms with Crippen molar-refractivity contribution in [2.24, 2.45) is 16.5 Å². The maximum absolute atomic E-state index is 5.68. The molecule has 74 valence electrons. The van der Waals surface area contributed by atoms with Crippen molar-refractivity contribution in [3.63, 3.8) is 0 Å². The molecule has 1 fully saturated rings. The second-order valence-corrected chi connectivity index (χ2v) is 3.52. The van der Waals surface area contributed by atoms with Crippen LogP contribution in [0.3, 0.4) is 0 Å². The van der Waals surface area contributed by atoms with E-state index in [1.54, 1.807) is 0 Å². The summed E-state index contributed by atoms with van der Waals surface area (Å²) in [5, 5.41) is 0.0939. The summed E-state index contributed by atoms with van der Waals surface area (Å²) in [6, 6.07) is 0. The molecule has 1 saturated heterocycles. The van der Waals surface area contributed by atoms with E-state index < -0.39 is 0 Å². The summed E-state index contributed by atoms with van der Waals surface area (Å²) in [6.07, 6.45) is 0. The number of nitrogens with zero attached hydrogens (tertiary/aromatic N) is 3. The lowest BCUT2D eigenvalue weighted by Gasteiger charge is -2.32. The number of guanidine groups is 1. The maximum atomic E-state index is 5.68. The van der Waals surface area contributed by atoms with Gasteiger partial charge in [-0.2, -0.15) is 4.99 Å². The highest BCUT2D eigenvalue weighted by atomic mass is 32.1. The number of aliphatic imine (C=N–C) groups is 1. The number of hydrogen-bond acceptors (Lipinski definition) is 2. The van der Waals surface area contributed by atoms with Crippen LogP contribution in [-0.2, 0) is 0 Å². The standard InChI is InChI=1S/C7H15N5S/c1-11-2-4-12(5-3-11)6(8)10-7(9)13/h2-5H2,1H3,(H4,8,9,10,13). The van der Waals surface area contributed by atoms with Crippen LogP contribution in [0.15, 0.2) is 4.99 Å². The number of piperazine rings is 1. The van der Waals surface area contributed by atoms with Crippen molar-refractivity contribution in [3.05, 3.63) is 0 Å².